The maximum absolute atomic E-state index is 14.4. The maximum Gasteiger partial charge on any atom is 0.246 e. The van der Waals surface area contributed by atoms with Gasteiger partial charge < -0.3 is 15.1 Å². The fraction of sp³-hybridized carbons (Fsp3) is 0.273. The summed E-state index contributed by atoms with van der Waals surface area (Å²) in [5.74, 6) is 0.472. The van der Waals surface area contributed by atoms with Crippen LogP contribution < -0.4 is 10.2 Å². The van der Waals surface area contributed by atoms with Crippen LogP contribution in [0, 0.1) is 5.82 Å². The second-order valence-corrected chi connectivity index (χ2v) is 8.32. The SMILES string of the molecule is C=CC(=O)N1CCN(c2ccc3ncnc(Nc4cccc(Cl)c4F)c3n2)CC1(C)C. The summed E-state index contributed by atoms with van der Waals surface area (Å²) in [6.45, 7) is 9.41. The van der Waals surface area contributed by atoms with Gasteiger partial charge in [0.1, 0.15) is 17.7 Å². The Hall–Kier alpha value is -3.26. The number of piperazine rings is 1. The molecule has 0 saturated carbocycles. The Morgan fingerprint density at radius 3 is 2.81 bits per heavy atom. The van der Waals surface area contributed by atoms with Gasteiger partial charge in [-0.3, -0.25) is 4.79 Å². The zero-order valence-electron chi connectivity index (χ0n) is 17.3. The molecule has 160 valence electrons. The van der Waals surface area contributed by atoms with Crippen LogP contribution in [0.5, 0.6) is 0 Å². The van der Waals surface area contributed by atoms with Crippen molar-refractivity contribution in [3.63, 3.8) is 0 Å². The second kappa shape index (κ2) is 8.11. The molecule has 9 heteroatoms. The lowest BCUT2D eigenvalue weighted by molar-refractivity contribution is -0.131. The maximum atomic E-state index is 14.4. The lowest BCUT2D eigenvalue weighted by atomic mass is 9.98. The van der Waals surface area contributed by atoms with Crippen LogP contribution in [0.2, 0.25) is 5.02 Å². The summed E-state index contributed by atoms with van der Waals surface area (Å²) in [7, 11) is 0. The number of nitrogens with zero attached hydrogens (tertiary/aromatic N) is 5. The number of carbonyl (C=O) groups excluding carboxylic acids is 1. The number of halogens is 2. The van der Waals surface area contributed by atoms with E-state index in [1.165, 1.54) is 18.5 Å². The molecule has 2 aromatic heterocycles. The van der Waals surface area contributed by atoms with Crippen molar-refractivity contribution in [2.45, 2.75) is 19.4 Å². The molecule has 7 nitrogen and oxygen atoms in total. The average Bonchev–Trinajstić information content (AvgIpc) is 2.75. The molecule has 3 heterocycles. The van der Waals surface area contributed by atoms with Gasteiger partial charge in [0.25, 0.3) is 0 Å². The molecule has 1 amide bonds. The van der Waals surface area contributed by atoms with Crippen LogP contribution in [-0.2, 0) is 4.79 Å². The Labute approximate surface area is 184 Å². The van der Waals surface area contributed by atoms with E-state index in [2.05, 4.69) is 26.8 Å². The van der Waals surface area contributed by atoms with Gasteiger partial charge in [0.05, 0.1) is 21.8 Å². The molecule has 1 saturated heterocycles. The van der Waals surface area contributed by atoms with Crippen molar-refractivity contribution in [3.8, 4) is 0 Å². The van der Waals surface area contributed by atoms with Crippen molar-refractivity contribution in [1.29, 1.82) is 0 Å². The molecule has 0 spiro atoms. The van der Waals surface area contributed by atoms with Crippen LogP contribution in [0.1, 0.15) is 13.8 Å². The minimum absolute atomic E-state index is 0.0196. The standard InChI is InChI=1S/C22H22ClFN6O/c1-4-18(31)30-11-10-29(12-22(30,2)3)17-9-8-16-20(28-17)21(26-13-25-16)27-15-7-5-6-14(23)19(15)24/h4-9,13H,1,10-12H2,2-3H3,(H,25,26,27). The number of hydrogen-bond acceptors (Lipinski definition) is 6. The van der Waals surface area contributed by atoms with Crippen molar-refractivity contribution in [1.82, 2.24) is 19.9 Å². The number of nitrogens with one attached hydrogen (secondary N) is 1. The smallest absolute Gasteiger partial charge is 0.246 e. The lowest BCUT2D eigenvalue weighted by Gasteiger charge is -2.47. The van der Waals surface area contributed by atoms with Gasteiger partial charge in [-0.1, -0.05) is 24.2 Å². The van der Waals surface area contributed by atoms with E-state index in [1.54, 1.807) is 12.1 Å². The minimum Gasteiger partial charge on any atom is -0.352 e. The number of fused-ring (bicyclic) bond motifs is 1. The first-order chi connectivity index (χ1) is 14.8. The van der Waals surface area contributed by atoms with Gasteiger partial charge in [-0.2, -0.15) is 0 Å². The predicted molar refractivity (Wildman–Crippen MR) is 120 cm³/mol. The molecule has 0 radical (unpaired) electrons. The summed E-state index contributed by atoms with van der Waals surface area (Å²) < 4.78 is 14.4. The zero-order valence-corrected chi connectivity index (χ0v) is 18.0. The first kappa shape index (κ1) is 21.0. The molecular weight excluding hydrogens is 419 g/mol. The molecule has 0 atom stereocenters. The van der Waals surface area contributed by atoms with Crippen molar-refractivity contribution >= 4 is 45.9 Å². The van der Waals surface area contributed by atoms with Gasteiger partial charge in [0.2, 0.25) is 5.91 Å². The van der Waals surface area contributed by atoms with Gasteiger partial charge >= 0.3 is 0 Å². The summed E-state index contributed by atoms with van der Waals surface area (Å²) >= 11 is 5.89. The third-order valence-electron chi connectivity index (χ3n) is 5.34. The van der Waals surface area contributed by atoms with E-state index in [1.807, 2.05) is 30.9 Å². The highest BCUT2D eigenvalue weighted by molar-refractivity contribution is 6.31. The molecule has 3 aromatic rings. The zero-order chi connectivity index (χ0) is 22.2. The van der Waals surface area contributed by atoms with Crippen LogP contribution in [-0.4, -0.2) is 50.9 Å². The molecule has 1 aromatic carbocycles. The van der Waals surface area contributed by atoms with Crippen molar-refractivity contribution < 1.29 is 9.18 Å². The number of benzene rings is 1. The number of carbonyl (C=O) groups is 1. The summed E-state index contributed by atoms with van der Waals surface area (Å²) in [5, 5.41) is 3.00. The van der Waals surface area contributed by atoms with E-state index in [4.69, 9.17) is 16.6 Å². The van der Waals surface area contributed by atoms with Crippen LogP contribution in [0.15, 0.2) is 49.3 Å². The Morgan fingerprint density at radius 1 is 1.26 bits per heavy atom. The first-order valence-electron chi connectivity index (χ1n) is 9.82. The topological polar surface area (TPSA) is 74.2 Å². The number of anilines is 3. The van der Waals surface area contributed by atoms with E-state index < -0.39 is 11.4 Å². The van der Waals surface area contributed by atoms with Crippen LogP contribution >= 0.6 is 11.6 Å². The lowest BCUT2D eigenvalue weighted by Crippen LogP contribution is -2.61. The number of aromatic nitrogens is 3. The average molecular weight is 441 g/mol. The van der Waals surface area contributed by atoms with E-state index in [0.717, 1.165) is 5.82 Å². The van der Waals surface area contributed by atoms with Gasteiger partial charge in [-0.15, -0.1) is 0 Å². The molecule has 1 aliphatic rings. The van der Waals surface area contributed by atoms with E-state index in [0.29, 0.717) is 36.5 Å². The van der Waals surface area contributed by atoms with E-state index in [9.17, 15) is 9.18 Å². The number of amides is 1. The third kappa shape index (κ3) is 4.03. The fourth-order valence-corrected chi connectivity index (χ4v) is 3.97. The summed E-state index contributed by atoms with van der Waals surface area (Å²) in [6, 6.07) is 8.46. The minimum atomic E-state index is -0.558. The van der Waals surface area contributed by atoms with Gasteiger partial charge in [-0.05, 0) is 44.2 Å². The van der Waals surface area contributed by atoms with Crippen LogP contribution in [0.25, 0.3) is 11.0 Å². The van der Waals surface area contributed by atoms with Crippen LogP contribution in [0.4, 0.5) is 21.7 Å². The fourth-order valence-electron chi connectivity index (χ4n) is 3.79. The van der Waals surface area contributed by atoms with Gasteiger partial charge in [0.15, 0.2) is 11.6 Å². The third-order valence-corrected chi connectivity index (χ3v) is 5.63. The summed E-state index contributed by atoms with van der Waals surface area (Å²) in [4.78, 5) is 29.4. The molecule has 0 bridgehead atoms. The highest BCUT2D eigenvalue weighted by Crippen LogP contribution is 2.30. The molecule has 0 aliphatic carbocycles. The van der Waals surface area contributed by atoms with Crippen LogP contribution in [0.3, 0.4) is 0 Å². The largest absolute Gasteiger partial charge is 0.352 e. The number of pyridine rings is 1. The van der Waals surface area contributed by atoms with E-state index >= 15 is 0 Å². The Bertz CT molecular complexity index is 1170. The van der Waals surface area contributed by atoms with Crippen molar-refractivity contribution in [3.05, 3.63) is 60.2 Å². The van der Waals surface area contributed by atoms with E-state index in [-0.39, 0.29) is 16.6 Å². The van der Waals surface area contributed by atoms with Crippen molar-refractivity contribution in [2.24, 2.45) is 0 Å². The highest BCUT2D eigenvalue weighted by atomic mass is 35.5. The number of rotatable bonds is 4. The molecular formula is C22H22ClFN6O. The quantitative estimate of drug-likeness (QED) is 0.613. The van der Waals surface area contributed by atoms with Crippen molar-refractivity contribution in [2.75, 3.05) is 29.9 Å². The Morgan fingerprint density at radius 2 is 2.06 bits per heavy atom. The molecule has 1 N–H and O–H groups in total. The highest BCUT2D eigenvalue weighted by Gasteiger charge is 2.36. The summed E-state index contributed by atoms with van der Waals surface area (Å²) in [6.07, 6.45) is 2.74. The molecule has 1 fully saturated rings. The number of hydrogen-bond donors (Lipinski definition) is 1. The monoisotopic (exact) mass is 440 g/mol. The van der Waals surface area contributed by atoms with Gasteiger partial charge in [-0.25, -0.2) is 19.3 Å². The van der Waals surface area contributed by atoms with Gasteiger partial charge in [0, 0.05) is 19.6 Å². The first-order valence-corrected chi connectivity index (χ1v) is 10.2. The Kier molecular flexibility index (Phi) is 5.49. The summed E-state index contributed by atoms with van der Waals surface area (Å²) in [5.41, 5.74) is 0.959. The Balaban J connectivity index is 1.67. The predicted octanol–water partition coefficient (Wildman–Crippen LogP) is 4.17. The molecule has 0 unspecified atom stereocenters. The normalized spacial score (nSPS) is 15.7. The molecule has 31 heavy (non-hydrogen) atoms. The molecule has 4 rings (SSSR count). The second-order valence-electron chi connectivity index (χ2n) is 7.91. The molecule has 1 aliphatic heterocycles.